The van der Waals surface area contributed by atoms with Gasteiger partial charge in [0.2, 0.25) is 5.91 Å². The van der Waals surface area contributed by atoms with Crippen molar-refractivity contribution < 1.29 is 14.3 Å². The molecule has 1 aromatic carbocycles. The molecule has 0 radical (unpaired) electrons. The van der Waals surface area contributed by atoms with Gasteiger partial charge in [-0.2, -0.15) is 0 Å². The summed E-state index contributed by atoms with van der Waals surface area (Å²) in [5.74, 6) is 1.35. The van der Waals surface area contributed by atoms with Crippen LogP contribution in [0.15, 0.2) is 18.2 Å². The van der Waals surface area contributed by atoms with E-state index in [2.05, 4.69) is 28.2 Å². The molecule has 1 aromatic rings. The maximum Gasteiger partial charge on any atom is 0.258 e. The van der Waals surface area contributed by atoms with Gasteiger partial charge in [-0.15, -0.1) is 0 Å². The summed E-state index contributed by atoms with van der Waals surface area (Å²) in [5, 5.41) is 13.8. The summed E-state index contributed by atoms with van der Waals surface area (Å²) in [4.78, 5) is 25.1. The van der Waals surface area contributed by atoms with Crippen molar-refractivity contribution in [1.82, 2.24) is 21.3 Å². The number of carbonyl (C=O) groups excluding carboxylic acids is 2. The highest BCUT2D eigenvalue weighted by Crippen LogP contribution is 2.45. The van der Waals surface area contributed by atoms with Gasteiger partial charge in [-0.05, 0) is 50.2 Å². The van der Waals surface area contributed by atoms with E-state index in [-0.39, 0.29) is 42.6 Å². The Hall–Kier alpha value is -1.54. The lowest BCUT2D eigenvalue weighted by molar-refractivity contribution is -0.127. The Labute approximate surface area is 186 Å². The van der Waals surface area contributed by atoms with Gasteiger partial charge < -0.3 is 26.0 Å². The summed E-state index contributed by atoms with van der Waals surface area (Å²) >= 11 is 11.9. The van der Waals surface area contributed by atoms with Gasteiger partial charge in [0.15, 0.2) is 6.61 Å². The van der Waals surface area contributed by atoms with Crippen LogP contribution in [0.2, 0.25) is 10.0 Å². The van der Waals surface area contributed by atoms with Gasteiger partial charge in [-0.25, -0.2) is 0 Å². The fourth-order valence-electron chi connectivity index (χ4n) is 4.70. The average Bonchev–Trinajstić information content (AvgIpc) is 2.68. The molecule has 7 nitrogen and oxygen atoms in total. The highest BCUT2D eigenvalue weighted by Gasteiger charge is 2.47. The number of fused-ring (bicyclic) bond motifs is 2. The van der Waals surface area contributed by atoms with Crippen LogP contribution in [0.4, 0.5) is 0 Å². The average molecular weight is 455 g/mol. The zero-order chi connectivity index (χ0) is 21.3. The molecular formula is C21H28Cl2N4O3. The van der Waals surface area contributed by atoms with E-state index in [1.54, 1.807) is 18.2 Å². The summed E-state index contributed by atoms with van der Waals surface area (Å²) in [6.45, 7) is 3.49. The first-order valence-electron chi connectivity index (χ1n) is 10.5. The third-order valence-electron chi connectivity index (χ3n) is 6.39. The molecule has 9 heteroatoms. The SMILES string of the molecule is CC1CNCC(C(=O)N[C@@H]2CC(NC(=O)COc3ccc(Cl)c(Cl)c3)C3CC2C3)N1. The van der Waals surface area contributed by atoms with Crippen LogP contribution in [-0.2, 0) is 9.59 Å². The molecular weight excluding hydrogens is 427 g/mol. The van der Waals surface area contributed by atoms with Crippen LogP contribution in [0.25, 0.3) is 0 Å². The van der Waals surface area contributed by atoms with Gasteiger partial charge >= 0.3 is 0 Å². The summed E-state index contributed by atoms with van der Waals surface area (Å²) in [5.41, 5.74) is 0. The predicted molar refractivity (Wildman–Crippen MR) is 116 cm³/mol. The largest absolute Gasteiger partial charge is 0.484 e. The molecule has 4 atom stereocenters. The Morgan fingerprint density at radius 3 is 2.50 bits per heavy atom. The normalized spacial score (nSPS) is 32.6. The van der Waals surface area contributed by atoms with E-state index in [4.69, 9.17) is 27.9 Å². The smallest absolute Gasteiger partial charge is 0.258 e. The molecule has 2 amide bonds. The fourth-order valence-corrected chi connectivity index (χ4v) is 4.99. The van der Waals surface area contributed by atoms with E-state index >= 15 is 0 Å². The number of nitrogens with one attached hydrogen (secondary N) is 4. The Morgan fingerprint density at radius 1 is 1.07 bits per heavy atom. The molecule has 4 aliphatic rings. The zero-order valence-electron chi connectivity index (χ0n) is 16.9. The fraction of sp³-hybridized carbons (Fsp3) is 0.619. The monoisotopic (exact) mass is 454 g/mol. The van der Waals surface area contributed by atoms with Gasteiger partial charge in [-0.3, -0.25) is 9.59 Å². The molecule has 1 aliphatic heterocycles. The van der Waals surface area contributed by atoms with E-state index in [1.165, 1.54) is 0 Å². The second-order valence-electron chi connectivity index (χ2n) is 8.66. The van der Waals surface area contributed by atoms with Crippen LogP contribution in [0, 0.1) is 11.8 Å². The van der Waals surface area contributed by atoms with Crippen LogP contribution in [-0.4, -0.2) is 55.7 Å². The molecule has 3 unspecified atom stereocenters. The van der Waals surface area contributed by atoms with E-state index in [9.17, 15) is 9.59 Å². The third kappa shape index (κ3) is 5.02. The van der Waals surface area contributed by atoms with Gasteiger partial charge in [0, 0.05) is 37.3 Å². The van der Waals surface area contributed by atoms with Crippen LogP contribution >= 0.6 is 23.2 Å². The third-order valence-corrected chi connectivity index (χ3v) is 7.13. The van der Waals surface area contributed by atoms with Crippen LogP contribution < -0.4 is 26.0 Å². The number of amides is 2. The first-order chi connectivity index (χ1) is 14.4. The Kier molecular flexibility index (Phi) is 6.72. The van der Waals surface area contributed by atoms with Crippen molar-refractivity contribution in [1.29, 1.82) is 0 Å². The number of hydrogen-bond donors (Lipinski definition) is 4. The number of benzene rings is 1. The molecule has 164 valence electrons. The number of hydrogen-bond acceptors (Lipinski definition) is 5. The highest BCUT2D eigenvalue weighted by atomic mass is 35.5. The minimum atomic E-state index is -0.209. The van der Waals surface area contributed by atoms with Crippen molar-refractivity contribution in [3.8, 4) is 5.75 Å². The van der Waals surface area contributed by atoms with Crippen molar-refractivity contribution in [2.45, 2.75) is 50.4 Å². The molecule has 0 aromatic heterocycles. The molecule has 30 heavy (non-hydrogen) atoms. The predicted octanol–water partition coefficient (Wildman–Crippen LogP) is 1.72. The summed E-state index contributed by atoms with van der Waals surface area (Å²) in [6, 6.07) is 5.13. The lowest BCUT2D eigenvalue weighted by Gasteiger charge is -2.51. The highest BCUT2D eigenvalue weighted by molar-refractivity contribution is 6.42. The second kappa shape index (κ2) is 9.30. The maximum absolute atomic E-state index is 12.7. The van der Waals surface area contributed by atoms with Crippen molar-refractivity contribution in [2.24, 2.45) is 11.8 Å². The van der Waals surface area contributed by atoms with Gasteiger partial charge in [0.25, 0.3) is 5.91 Å². The van der Waals surface area contributed by atoms with Crippen molar-refractivity contribution >= 4 is 35.0 Å². The number of rotatable bonds is 6. The van der Waals surface area contributed by atoms with Crippen LogP contribution in [0.3, 0.4) is 0 Å². The van der Waals surface area contributed by atoms with Crippen LogP contribution in [0.1, 0.15) is 26.2 Å². The molecule has 2 bridgehead atoms. The van der Waals surface area contributed by atoms with E-state index in [0.29, 0.717) is 34.2 Å². The number of ether oxygens (including phenoxy) is 1. The Morgan fingerprint density at radius 2 is 1.80 bits per heavy atom. The zero-order valence-corrected chi connectivity index (χ0v) is 18.4. The molecule has 0 spiro atoms. The second-order valence-corrected chi connectivity index (χ2v) is 9.47. The van der Waals surface area contributed by atoms with E-state index in [0.717, 1.165) is 25.8 Å². The first-order valence-corrected chi connectivity index (χ1v) is 11.3. The number of piperazine rings is 1. The lowest BCUT2D eigenvalue weighted by Crippen LogP contribution is -2.64. The summed E-state index contributed by atoms with van der Waals surface area (Å²) < 4.78 is 5.53. The van der Waals surface area contributed by atoms with E-state index < -0.39 is 0 Å². The molecule has 1 heterocycles. The number of halogens is 2. The van der Waals surface area contributed by atoms with Crippen molar-refractivity contribution in [3.05, 3.63) is 28.2 Å². The maximum atomic E-state index is 12.7. The topological polar surface area (TPSA) is 91.5 Å². The Balaban J connectivity index is 1.26. The summed E-state index contributed by atoms with van der Waals surface area (Å²) in [7, 11) is 0. The first kappa shape index (κ1) is 21.7. The van der Waals surface area contributed by atoms with Gasteiger partial charge in [0.05, 0.1) is 16.1 Å². The summed E-state index contributed by atoms with van der Waals surface area (Å²) in [6.07, 6.45) is 2.84. The van der Waals surface area contributed by atoms with Crippen LogP contribution in [0.5, 0.6) is 5.75 Å². The quantitative estimate of drug-likeness (QED) is 0.525. The molecule has 3 saturated carbocycles. The molecule has 1 saturated heterocycles. The molecule has 4 fully saturated rings. The molecule has 3 aliphatic carbocycles. The minimum Gasteiger partial charge on any atom is -0.484 e. The molecule has 5 rings (SSSR count). The lowest BCUT2D eigenvalue weighted by atomic mass is 9.60. The minimum absolute atomic E-state index is 0.0393. The van der Waals surface area contributed by atoms with Gasteiger partial charge in [-0.1, -0.05) is 23.2 Å². The van der Waals surface area contributed by atoms with Gasteiger partial charge in [0.1, 0.15) is 5.75 Å². The standard InChI is InChI=1S/C21H28Cl2N4O3/c1-11-8-24-9-19(25-11)21(29)27-18-7-17(12-4-13(18)5-12)26-20(28)10-30-14-2-3-15(22)16(23)6-14/h2-3,6,11-13,17-19,24-25H,4-5,7-10H2,1H3,(H,26,28)(H,27,29)/t11?,12?,13?,17?,18-,19?/m1/s1. The van der Waals surface area contributed by atoms with Crippen molar-refractivity contribution in [3.63, 3.8) is 0 Å². The van der Waals surface area contributed by atoms with Crippen molar-refractivity contribution in [2.75, 3.05) is 19.7 Å². The number of carbonyl (C=O) groups is 2. The molecule has 4 N–H and O–H groups in total. The van der Waals surface area contributed by atoms with E-state index in [1.807, 2.05) is 0 Å². The Bertz CT molecular complexity index is 802.